The lowest BCUT2D eigenvalue weighted by Crippen LogP contribution is -2.42. The van der Waals surface area contributed by atoms with Gasteiger partial charge in [0, 0.05) is 20.1 Å². The Morgan fingerprint density at radius 1 is 1.08 bits per heavy atom. The van der Waals surface area contributed by atoms with Gasteiger partial charge in [-0.05, 0) is 17.7 Å². The number of carbonyl (C=O) groups excluding carboxylic acids is 1. The quantitative estimate of drug-likeness (QED) is 0.664. The van der Waals surface area contributed by atoms with Crippen LogP contribution in [0.5, 0.6) is 0 Å². The Kier molecular flexibility index (Phi) is 4.95. The Morgan fingerprint density at radius 2 is 1.77 bits per heavy atom. The topological polar surface area (TPSA) is 47.4 Å². The third-order valence-electron chi connectivity index (χ3n) is 4.62. The highest BCUT2D eigenvalue weighted by Crippen LogP contribution is 2.37. The van der Waals surface area contributed by atoms with Gasteiger partial charge in [-0.25, -0.2) is 4.98 Å². The zero-order valence-corrected chi connectivity index (χ0v) is 15.5. The summed E-state index contributed by atoms with van der Waals surface area (Å²) in [5.41, 5.74) is 3.02. The van der Waals surface area contributed by atoms with Crippen molar-refractivity contribution >= 4 is 28.7 Å². The van der Waals surface area contributed by atoms with Gasteiger partial charge < -0.3 is 14.2 Å². The molecule has 26 heavy (non-hydrogen) atoms. The van der Waals surface area contributed by atoms with Crippen LogP contribution in [0, 0.1) is 0 Å². The summed E-state index contributed by atoms with van der Waals surface area (Å²) in [7, 11) is 2.00. The minimum atomic E-state index is -0.315. The van der Waals surface area contributed by atoms with Gasteiger partial charge in [0.2, 0.25) is 5.91 Å². The van der Waals surface area contributed by atoms with E-state index in [4.69, 9.17) is 9.72 Å². The summed E-state index contributed by atoms with van der Waals surface area (Å²) in [4.78, 5) is 19.9. The van der Waals surface area contributed by atoms with Crippen molar-refractivity contribution in [1.29, 1.82) is 0 Å². The Balaban J connectivity index is 1.68. The van der Waals surface area contributed by atoms with Crippen molar-refractivity contribution in [3.05, 3.63) is 60.2 Å². The molecule has 1 saturated heterocycles. The number of morpholine rings is 1. The van der Waals surface area contributed by atoms with Gasteiger partial charge in [0.1, 0.15) is 5.25 Å². The molecule has 0 bridgehead atoms. The predicted molar refractivity (Wildman–Crippen MR) is 103 cm³/mol. The van der Waals surface area contributed by atoms with Crippen LogP contribution in [0.25, 0.3) is 11.0 Å². The summed E-state index contributed by atoms with van der Waals surface area (Å²) in [5.74, 6) is 0.122. The summed E-state index contributed by atoms with van der Waals surface area (Å²) in [6.45, 7) is 2.49. The van der Waals surface area contributed by atoms with Crippen LogP contribution in [-0.4, -0.2) is 46.7 Å². The van der Waals surface area contributed by atoms with Crippen molar-refractivity contribution in [2.24, 2.45) is 7.05 Å². The smallest absolute Gasteiger partial charge is 0.240 e. The maximum Gasteiger partial charge on any atom is 0.240 e. The Hall–Kier alpha value is -2.31. The van der Waals surface area contributed by atoms with Crippen LogP contribution >= 0.6 is 11.8 Å². The third-order valence-corrected chi connectivity index (χ3v) is 5.90. The molecule has 134 valence electrons. The van der Waals surface area contributed by atoms with Crippen LogP contribution in [0.2, 0.25) is 0 Å². The first-order valence-corrected chi connectivity index (χ1v) is 9.61. The highest BCUT2D eigenvalue weighted by Gasteiger charge is 2.29. The molecule has 1 aromatic heterocycles. The van der Waals surface area contributed by atoms with Crippen LogP contribution in [0.15, 0.2) is 59.8 Å². The minimum Gasteiger partial charge on any atom is -0.378 e. The van der Waals surface area contributed by atoms with Gasteiger partial charge in [-0.2, -0.15) is 0 Å². The number of aromatic nitrogens is 2. The van der Waals surface area contributed by atoms with Crippen molar-refractivity contribution < 1.29 is 9.53 Å². The molecule has 2 aromatic carbocycles. The van der Waals surface area contributed by atoms with Gasteiger partial charge in [-0.15, -0.1) is 0 Å². The summed E-state index contributed by atoms with van der Waals surface area (Å²) < 4.78 is 7.45. The second kappa shape index (κ2) is 7.51. The molecule has 4 rings (SSSR count). The maximum atomic E-state index is 13.2. The summed E-state index contributed by atoms with van der Waals surface area (Å²) >= 11 is 1.52. The highest BCUT2D eigenvalue weighted by atomic mass is 32.2. The molecule has 1 aliphatic heterocycles. The van der Waals surface area contributed by atoms with Gasteiger partial charge in [0.05, 0.1) is 24.2 Å². The number of amides is 1. The van der Waals surface area contributed by atoms with E-state index < -0.39 is 0 Å². The number of ether oxygens (including phenoxy) is 1. The fraction of sp³-hybridized carbons (Fsp3) is 0.300. The van der Waals surface area contributed by atoms with Gasteiger partial charge >= 0.3 is 0 Å². The molecular weight excluding hydrogens is 346 g/mol. The molecule has 0 radical (unpaired) electrons. The lowest BCUT2D eigenvalue weighted by molar-refractivity contribution is -0.134. The zero-order valence-electron chi connectivity index (χ0n) is 14.7. The molecule has 0 saturated carbocycles. The number of imidazole rings is 1. The number of para-hydroxylation sites is 2. The number of fused-ring (bicyclic) bond motifs is 1. The van der Waals surface area contributed by atoms with Gasteiger partial charge in [-0.1, -0.05) is 54.2 Å². The summed E-state index contributed by atoms with van der Waals surface area (Å²) in [6.07, 6.45) is 0. The molecule has 5 nitrogen and oxygen atoms in total. The van der Waals surface area contributed by atoms with Crippen LogP contribution in [-0.2, 0) is 16.6 Å². The second-order valence-corrected chi connectivity index (χ2v) is 7.36. The fourth-order valence-electron chi connectivity index (χ4n) is 3.17. The monoisotopic (exact) mass is 367 g/mol. The van der Waals surface area contributed by atoms with E-state index in [-0.39, 0.29) is 11.2 Å². The molecule has 1 aliphatic rings. The first kappa shape index (κ1) is 17.1. The van der Waals surface area contributed by atoms with E-state index in [1.165, 1.54) is 11.8 Å². The zero-order chi connectivity index (χ0) is 17.9. The molecule has 0 aliphatic carbocycles. The number of hydrogen-bond acceptors (Lipinski definition) is 4. The van der Waals surface area contributed by atoms with Crippen LogP contribution in [0.3, 0.4) is 0 Å². The molecule has 1 amide bonds. The van der Waals surface area contributed by atoms with Crippen molar-refractivity contribution in [1.82, 2.24) is 14.5 Å². The number of hydrogen-bond donors (Lipinski definition) is 0. The van der Waals surface area contributed by atoms with Crippen LogP contribution < -0.4 is 0 Å². The minimum absolute atomic E-state index is 0.122. The Bertz CT molecular complexity index is 904. The van der Waals surface area contributed by atoms with E-state index in [0.29, 0.717) is 26.3 Å². The molecular formula is C20H21N3O2S. The normalized spacial score (nSPS) is 16.0. The Labute approximate surface area is 157 Å². The SMILES string of the molecule is Cn1c(S[C@@H](C(=O)N2CCOCC2)c2ccccc2)nc2ccccc21. The van der Waals surface area contributed by atoms with E-state index in [1.54, 1.807) is 0 Å². The fourth-order valence-corrected chi connectivity index (χ4v) is 4.33. The van der Waals surface area contributed by atoms with E-state index in [1.807, 2.05) is 66.5 Å². The first-order chi connectivity index (χ1) is 12.7. The Morgan fingerprint density at radius 3 is 2.50 bits per heavy atom. The molecule has 0 unspecified atom stereocenters. The van der Waals surface area contributed by atoms with Crippen LogP contribution in [0.1, 0.15) is 10.8 Å². The lowest BCUT2D eigenvalue weighted by Gasteiger charge is -2.30. The molecule has 0 spiro atoms. The molecule has 6 heteroatoms. The predicted octanol–water partition coefficient (Wildman–Crippen LogP) is 3.27. The number of thioether (sulfide) groups is 1. The van der Waals surface area contributed by atoms with Gasteiger partial charge in [0.15, 0.2) is 5.16 Å². The number of benzene rings is 2. The lowest BCUT2D eigenvalue weighted by atomic mass is 10.1. The largest absolute Gasteiger partial charge is 0.378 e. The third kappa shape index (κ3) is 3.34. The molecule has 1 fully saturated rings. The number of carbonyl (C=O) groups is 1. The summed E-state index contributed by atoms with van der Waals surface area (Å²) in [5, 5.41) is 0.534. The van der Waals surface area contributed by atoms with Gasteiger partial charge in [0.25, 0.3) is 0 Å². The summed E-state index contributed by atoms with van der Waals surface area (Å²) in [6, 6.07) is 18.0. The number of aryl methyl sites for hydroxylation is 1. The second-order valence-electron chi connectivity index (χ2n) is 6.29. The van der Waals surface area contributed by atoms with Crippen molar-refractivity contribution in [2.75, 3.05) is 26.3 Å². The number of rotatable bonds is 4. The van der Waals surface area contributed by atoms with E-state index >= 15 is 0 Å². The van der Waals surface area contributed by atoms with Gasteiger partial charge in [-0.3, -0.25) is 4.79 Å². The van der Waals surface area contributed by atoms with E-state index in [9.17, 15) is 4.79 Å². The standard InChI is InChI=1S/C20H21N3O2S/c1-22-17-10-6-5-9-16(17)21-20(22)26-18(15-7-3-2-4-8-15)19(24)23-11-13-25-14-12-23/h2-10,18H,11-14H2,1H3/t18-/m1/s1. The van der Waals surface area contributed by atoms with E-state index in [0.717, 1.165) is 21.8 Å². The van der Waals surface area contributed by atoms with Crippen LogP contribution in [0.4, 0.5) is 0 Å². The average Bonchev–Trinajstić information content (AvgIpc) is 3.03. The van der Waals surface area contributed by atoms with Crippen molar-refractivity contribution in [2.45, 2.75) is 10.4 Å². The highest BCUT2D eigenvalue weighted by molar-refractivity contribution is 8.00. The molecule has 1 atom stereocenters. The van der Waals surface area contributed by atoms with Crippen molar-refractivity contribution in [3.63, 3.8) is 0 Å². The molecule has 3 aromatic rings. The van der Waals surface area contributed by atoms with E-state index in [2.05, 4.69) is 4.57 Å². The molecule has 2 heterocycles. The number of nitrogens with zero attached hydrogens (tertiary/aromatic N) is 3. The first-order valence-electron chi connectivity index (χ1n) is 8.73. The average molecular weight is 367 g/mol. The maximum absolute atomic E-state index is 13.2. The molecule has 0 N–H and O–H groups in total. The van der Waals surface area contributed by atoms with Crippen molar-refractivity contribution in [3.8, 4) is 0 Å².